The van der Waals surface area contributed by atoms with Gasteiger partial charge in [-0.1, -0.05) is 5.76 Å². The second-order valence-corrected chi connectivity index (χ2v) is 2.39. The van der Waals surface area contributed by atoms with Crippen LogP contribution in [0.5, 0.6) is 0 Å². The molecule has 0 aromatic carbocycles. The predicted octanol–water partition coefficient (Wildman–Crippen LogP) is -2.63. The Labute approximate surface area is 90.3 Å². The second kappa shape index (κ2) is 5.33. The van der Waals surface area contributed by atoms with Crippen LogP contribution >= 0.6 is 11.3 Å². The molecule has 0 unspecified atom stereocenters. The van der Waals surface area contributed by atoms with Crippen molar-refractivity contribution in [3.63, 3.8) is 0 Å². The first-order valence-corrected chi connectivity index (χ1v) is 3.38. The summed E-state index contributed by atoms with van der Waals surface area (Å²) in [6.45, 7) is 0. The Bertz CT molecular complexity index is 275. The van der Waals surface area contributed by atoms with Gasteiger partial charge in [-0.2, -0.15) is 5.26 Å². The van der Waals surface area contributed by atoms with Crippen LogP contribution in [0.4, 0.5) is 0 Å². The first kappa shape index (κ1) is 10.7. The summed E-state index contributed by atoms with van der Waals surface area (Å²) in [4.78, 5) is 4.20. The van der Waals surface area contributed by atoms with Gasteiger partial charge in [0, 0.05) is 17.2 Å². The molecular weight excluding hydrogens is 171 g/mol. The molecule has 1 heterocycles. The zero-order chi connectivity index (χ0) is 7.40. The summed E-state index contributed by atoms with van der Waals surface area (Å²) in [7, 11) is 0. The number of allylic oxidation sites excluding steroid dienone is 1. The molecule has 0 spiro atoms. The third-order valence-electron chi connectivity index (χ3n) is 0.871. The van der Waals surface area contributed by atoms with Gasteiger partial charge in [-0.05, 0) is 0 Å². The van der Waals surface area contributed by atoms with Crippen molar-refractivity contribution in [2.75, 3.05) is 0 Å². The molecule has 0 aliphatic heterocycles. The first-order valence-electron chi connectivity index (χ1n) is 2.50. The monoisotopic (exact) mass is 174 g/mol. The maximum Gasteiger partial charge on any atom is 1.00 e. The van der Waals surface area contributed by atoms with E-state index in [0.29, 0.717) is 4.88 Å². The fourth-order valence-electron chi connectivity index (χ4n) is 0.467. The van der Waals surface area contributed by atoms with Gasteiger partial charge >= 0.3 is 29.6 Å². The number of aromatic nitrogens is 1. The molecule has 5 heteroatoms. The van der Waals surface area contributed by atoms with Crippen LogP contribution in [0.2, 0.25) is 0 Å². The zero-order valence-corrected chi connectivity index (χ0v) is 8.76. The van der Waals surface area contributed by atoms with Crippen molar-refractivity contribution in [2.24, 2.45) is 0 Å². The van der Waals surface area contributed by atoms with Crippen LogP contribution in [-0.4, -0.2) is 4.98 Å². The fourth-order valence-corrected chi connectivity index (χ4v) is 0.999. The minimum Gasteiger partial charge on any atom is -0.871 e. The third kappa shape index (κ3) is 3.04. The van der Waals surface area contributed by atoms with Gasteiger partial charge in [0.1, 0.15) is 0 Å². The van der Waals surface area contributed by atoms with Gasteiger partial charge in [-0.25, -0.2) is 0 Å². The van der Waals surface area contributed by atoms with E-state index >= 15 is 0 Å². The molecule has 0 atom stereocenters. The van der Waals surface area contributed by atoms with E-state index < -0.39 is 0 Å². The Balaban J connectivity index is 0.000001000. The number of nitrogens with zero attached hydrogens (tertiary/aromatic N) is 2. The van der Waals surface area contributed by atoms with Crippen molar-refractivity contribution >= 4 is 17.1 Å². The van der Waals surface area contributed by atoms with E-state index in [1.54, 1.807) is 11.6 Å². The maximum absolute atomic E-state index is 10.8. The average molecular weight is 174 g/mol. The summed E-state index contributed by atoms with van der Waals surface area (Å²) >= 11 is 1.23. The van der Waals surface area contributed by atoms with Gasteiger partial charge in [-0.3, -0.25) is 4.98 Å². The van der Waals surface area contributed by atoms with Crippen LogP contribution in [0.15, 0.2) is 17.8 Å². The molecule has 0 aliphatic rings. The van der Waals surface area contributed by atoms with Crippen LogP contribution in [0.1, 0.15) is 4.88 Å². The van der Waals surface area contributed by atoms with Crippen LogP contribution in [-0.2, 0) is 0 Å². The van der Waals surface area contributed by atoms with Crippen LogP contribution in [0, 0.1) is 11.3 Å². The molecule has 0 amide bonds. The van der Waals surface area contributed by atoms with Crippen molar-refractivity contribution in [1.82, 2.24) is 4.98 Å². The summed E-state index contributed by atoms with van der Waals surface area (Å²) in [5, 5.41) is 18.9. The topological polar surface area (TPSA) is 59.7 Å². The molecule has 1 rings (SSSR count). The quantitative estimate of drug-likeness (QED) is 0.266. The van der Waals surface area contributed by atoms with Crippen molar-refractivity contribution < 1.29 is 34.7 Å². The molecule has 0 aliphatic carbocycles. The molecule has 0 bridgehead atoms. The minimum atomic E-state index is -0.273. The molecular formula is C6H3N2NaOS. The van der Waals surface area contributed by atoms with Gasteiger partial charge in [0.2, 0.25) is 0 Å². The molecule has 11 heavy (non-hydrogen) atoms. The van der Waals surface area contributed by atoms with E-state index in [1.807, 2.05) is 0 Å². The van der Waals surface area contributed by atoms with Gasteiger partial charge in [0.15, 0.2) is 0 Å². The van der Waals surface area contributed by atoms with E-state index in [9.17, 15) is 5.11 Å². The number of nitriles is 1. The summed E-state index contributed by atoms with van der Waals surface area (Å²) in [5.41, 5.74) is 1.55. The largest absolute Gasteiger partial charge is 1.00 e. The number of hydrogen-bond donors (Lipinski definition) is 0. The molecule has 0 saturated heterocycles. The molecule has 1 aromatic heterocycles. The number of thiazole rings is 1. The fraction of sp³-hybridized carbons (Fsp3) is 0. The van der Waals surface area contributed by atoms with Crippen molar-refractivity contribution in [2.45, 2.75) is 0 Å². The number of hydrogen-bond acceptors (Lipinski definition) is 4. The Kier molecular flexibility index (Phi) is 5.16. The van der Waals surface area contributed by atoms with Crippen molar-refractivity contribution in [3.8, 4) is 6.07 Å². The Morgan fingerprint density at radius 3 is 3.00 bits per heavy atom. The summed E-state index contributed by atoms with van der Waals surface area (Å²) < 4.78 is 0. The zero-order valence-electron chi connectivity index (χ0n) is 5.94. The van der Waals surface area contributed by atoms with Crippen LogP contribution < -0.4 is 34.7 Å². The van der Waals surface area contributed by atoms with Gasteiger partial charge in [0.25, 0.3) is 0 Å². The molecule has 50 valence electrons. The molecule has 3 nitrogen and oxygen atoms in total. The van der Waals surface area contributed by atoms with Gasteiger partial charge < -0.3 is 5.11 Å². The maximum atomic E-state index is 10.8. The third-order valence-corrected chi connectivity index (χ3v) is 1.66. The molecule has 0 fully saturated rings. The molecule has 0 radical (unpaired) electrons. The predicted molar refractivity (Wildman–Crippen MR) is 35.7 cm³/mol. The van der Waals surface area contributed by atoms with E-state index in [-0.39, 0.29) is 35.3 Å². The number of rotatable bonds is 1. The smallest absolute Gasteiger partial charge is 0.871 e. The minimum absolute atomic E-state index is 0. The molecule has 0 saturated carbocycles. The first-order chi connectivity index (χ1) is 4.84. The Hall–Kier alpha value is -0.340. The molecule has 0 N–H and O–H groups in total. The summed E-state index contributed by atoms with van der Waals surface area (Å²) in [6.07, 6.45) is 2.41. The van der Waals surface area contributed by atoms with Crippen LogP contribution in [0.25, 0.3) is 5.76 Å². The van der Waals surface area contributed by atoms with Crippen LogP contribution in [0.3, 0.4) is 0 Å². The van der Waals surface area contributed by atoms with E-state index in [0.717, 1.165) is 6.08 Å². The van der Waals surface area contributed by atoms with E-state index in [4.69, 9.17) is 5.26 Å². The Morgan fingerprint density at radius 1 is 1.82 bits per heavy atom. The normalized spacial score (nSPS) is 9.91. The Morgan fingerprint density at radius 2 is 2.55 bits per heavy atom. The van der Waals surface area contributed by atoms with E-state index in [2.05, 4.69) is 4.98 Å². The van der Waals surface area contributed by atoms with Crippen molar-refractivity contribution in [1.29, 1.82) is 5.26 Å². The second-order valence-electron chi connectivity index (χ2n) is 1.50. The van der Waals surface area contributed by atoms with Crippen molar-refractivity contribution in [3.05, 3.63) is 22.7 Å². The summed E-state index contributed by atoms with van der Waals surface area (Å²) in [5.74, 6) is -0.273. The standard InChI is InChI=1S/C6H4N2OS.Na/c7-2-1-5(9)6-3-8-4-10-6;/h1,3-4,9H;/q;+1/p-1. The van der Waals surface area contributed by atoms with Gasteiger partial charge in [0.05, 0.1) is 11.6 Å². The van der Waals surface area contributed by atoms with Gasteiger partial charge in [-0.15, -0.1) is 11.3 Å². The average Bonchev–Trinajstić information content (AvgIpc) is 2.38. The SMILES string of the molecule is N#CC=C([O-])c1cncs1.[Na+]. The van der Waals surface area contributed by atoms with E-state index in [1.165, 1.54) is 17.5 Å². The summed E-state index contributed by atoms with van der Waals surface area (Å²) in [6, 6.07) is 1.66. The molecule has 1 aromatic rings.